The van der Waals surface area contributed by atoms with E-state index in [0.717, 1.165) is 23.8 Å². The molecule has 2 N–H and O–H groups in total. The van der Waals surface area contributed by atoms with Crippen LogP contribution in [0.15, 0.2) is 88.9 Å². The van der Waals surface area contributed by atoms with E-state index in [-0.39, 0.29) is 23.2 Å². The Morgan fingerprint density at radius 3 is 2.50 bits per heavy atom. The van der Waals surface area contributed by atoms with Crippen LogP contribution in [0.25, 0.3) is 0 Å². The molecule has 8 heteroatoms. The van der Waals surface area contributed by atoms with Crippen molar-refractivity contribution >= 4 is 23.4 Å². The minimum absolute atomic E-state index is 0.00876. The first-order valence-corrected chi connectivity index (χ1v) is 14.6. The van der Waals surface area contributed by atoms with Gasteiger partial charge in [0, 0.05) is 25.7 Å². The first kappa shape index (κ1) is 28.1. The zero-order valence-electron chi connectivity index (χ0n) is 22.7. The highest BCUT2D eigenvalue weighted by Crippen LogP contribution is 2.43. The molecule has 0 radical (unpaired) electrons. The van der Waals surface area contributed by atoms with E-state index in [4.69, 9.17) is 5.10 Å². The second-order valence-electron chi connectivity index (χ2n) is 10.3. The summed E-state index contributed by atoms with van der Waals surface area (Å²) >= 11 is 1.50. The molecule has 2 heterocycles. The Labute approximate surface area is 238 Å². The Bertz CT molecular complexity index is 1390. The number of carbonyl (C=O) groups is 1. The fourth-order valence-electron chi connectivity index (χ4n) is 5.26. The molecular weight excluding hydrogens is 526 g/mol. The van der Waals surface area contributed by atoms with Gasteiger partial charge in [-0.3, -0.25) is 9.80 Å². The molecule has 0 bridgehead atoms. The SMILES string of the molecule is CCc1cccc(CNCC[C@H](Cc2cc(F)cc(F)c2)NC(=O)C2=CC3C(c4ccccc4)=NN(C)C3S2)c1. The fraction of sp³-hybridized carbons (Fsp3) is 0.312. The summed E-state index contributed by atoms with van der Waals surface area (Å²) in [6, 6.07) is 21.7. The number of carbonyl (C=O) groups excluding carboxylic acids is 1. The monoisotopic (exact) mass is 560 g/mol. The number of nitrogens with zero attached hydrogens (tertiary/aromatic N) is 2. The molecule has 208 valence electrons. The molecule has 0 fully saturated rings. The van der Waals surface area contributed by atoms with Gasteiger partial charge in [0.25, 0.3) is 5.91 Å². The summed E-state index contributed by atoms with van der Waals surface area (Å²) in [6.07, 6.45) is 3.92. The number of aryl methyl sites for hydroxylation is 1. The van der Waals surface area contributed by atoms with E-state index in [1.54, 1.807) is 0 Å². The maximum atomic E-state index is 13.9. The van der Waals surface area contributed by atoms with Crippen LogP contribution >= 0.6 is 11.8 Å². The first-order chi connectivity index (χ1) is 19.4. The Kier molecular flexibility index (Phi) is 8.97. The third-order valence-electron chi connectivity index (χ3n) is 7.27. The number of nitrogens with one attached hydrogen (secondary N) is 2. The van der Waals surface area contributed by atoms with Crippen molar-refractivity contribution in [3.05, 3.63) is 118 Å². The van der Waals surface area contributed by atoms with Crippen LogP contribution in [0.4, 0.5) is 8.78 Å². The van der Waals surface area contributed by atoms with Crippen LogP contribution in [0, 0.1) is 17.6 Å². The van der Waals surface area contributed by atoms with Crippen molar-refractivity contribution in [1.29, 1.82) is 0 Å². The molecule has 0 aromatic heterocycles. The van der Waals surface area contributed by atoms with Crippen LogP contribution in [0.1, 0.15) is 35.6 Å². The van der Waals surface area contributed by atoms with Crippen molar-refractivity contribution in [1.82, 2.24) is 15.6 Å². The van der Waals surface area contributed by atoms with Crippen molar-refractivity contribution in [3.63, 3.8) is 0 Å². The molecule has 0 aliphatic carbocycles. The molecule has 5 rings (SSSR count). The molecule has 2 aliphatic heterocycles. The summed E-state index contributed by atoms with van der Waals surface area (Å²) < 4.78 is 27.8. The van der Waals surface area contributed by atoms with Gasteiger partial charge in [0.2, 0.25) is 0 Å². The maximum Gasteiger partial charge on any atom is 0.257 e. The number of fused-ring (bicyclic) bond motifs is 1. The second kappa shape index (κ2) is 12.8. The van der Waals surface area contributed by atoms with E-state index >= 15 is 0 Å². The highest BCUT2D eigenvalue weighted by molar-refractivity contribution is 8.04. The molecule has 3 aromatic carbocycles. The lowest BCUT2D eigenvalue weighted by Crippen LogP contribution is -2.39. The molecule has 1 amide bonds. The van der Waals surface area contributed by atoms with Crippen LogP contribution in [0.5, 0.6) is 0 Å². The van der Waals surface area contributed by atoms with Crippen molar-refractivity contribution in [2.24, 2.45) is 11.0 Å². The third-order valence-corrected chi connectivity index (χ3v) is 8.68. The molecule has 0 saturated heterocycles. The number of thioether (sulfide) groups is 1. The van der Waals surface area contributed by atoms with Gasteiger partial charge >= 0.3 is 0 Å². The maximum absolute atomic E-state index is 13.9. The van der Waals surface area contributed by atoms with Gasteiger partial charge in [-0.1, -0.05) is 79.4 Å². The summed E-state index contributed by atoms with van der Waals surface area (Å²) in [5.41, 5.74) is 5.00. The summed E-state index contributed by atoms with van der Waals surface area (Å²) in [5, 5.41) is 13.3. The quantitative estimate of drug-likeness (QED) is 0.298. The number of hydrazone groups is 1. The first-order valence-electron chi connectivity index (χ1n) is 13.7. The van der Waals surface area contributed by atoms with Crippen LogP contribution in [0.3, 0.4) is 0 Å². The van der Waals surface area contributed by atoms with E-state index in [1.165, 1.54) is 35.0 Å². The van der Waals surface area contributed by atoms with Gasteiger partial charge in [-0.05, 0) is 60.2 Å². The Hall–Kier alpha value is -3.49. The molecule has 0 saturated carbocycles. The number of amides is 1. The van der Waals surface area contributed by atoms with Gasteiger partial charge in [-0.25, -0.2) is 8.78 Å². The molecule has 2 aliphatic rings. The highest BCUT2D eigenvalue weighted by Gasteiger charge is 2.42. The van der Waals surface area contributed by atoms with Gasteiger partial charge in [0.15, 0.2) is 0 Å². The van der Waals surface area contributed by atoms with Gasteiger partial charge in [-0.2, -0.15) is 5.10 Å². The minimum Gasteiger partial charge on any atom is -0.348 e. The molecule has 40 heavy (non-hydrogen) atoms. The smallest absolute Gasteiger partial charge is 0.257 e. The second-order valence-corrected chi connectivity index (χ2v) is 11.4. The summed E-state index contributed by atoms with van der Waals surface area (Å²) in [6.45, 7) is 3.49. The number of hydrogen-bond acceptors (Lipinski definition) is 5. The zero-order chi connectivity index (χ0) is 28.1. The lowest BCUT2D eigenvalue weighted by molar-refractivity contribution is -0.117. The van der Waals surface area contributed by atoms with Gasteiger partial charge in [0.1, 0.15) is 17.0 Å². The minimum atomic E-state index is -0.619. The van der Waals surface area contributed by atoms with Gasteiger partial charge < -0.3 is 10.6 Å². The standard InChI is InChI=1S/C32H34F2N4OS/c1-3-21-8-7-9-22(14-21)20-35-13-12-27(17-23-15-25(33)18-26(34)16-23)36-31(39)29-19-28-30(24-10-5-4-6-11-24)37-38(2)32(28)40-29/h4-11,14-16,18-19,27-28,32,35H,3,12-13,17,20H2,1-2H3,(H,36,39)/t27-,28?,32?/m1/s1. The summed E-state index contributed by atoms with van der Waals surface area (Å²) in [4.78, 5) is 14.1. The lowest BCUT2D eigenvalue weighted by atomic mass is 9.97. The third kappa shape index (κ3) is 6.80. The van der Waals surface area contributed by atoms with Crippen LogP contribution in [0.2, 0.25) is 0 Å². The number of halogens is 2. The largest absolute Gasteiger partial charge is 0.348 e. The van der Waals surface area contributed by atoms with E-state index in [1.807, 2.05) is 48.5 Å². The van der Waals surface area contributed by atoms with E-state index in [9.17, 15) is 13.6 Å². The Morgan fingerprint density at radius 1 is 1.00 bits per heavy atom. The molecular formula is C32H34F2N4OS. The van der Waals surface area contributed by atoms with Crippen LogP contribution in [-0.2, 0) is 24.2 Å². The molecule has 3 atom stereocenters. The van der Waals surface area contributed by atoms with Gasteiger partial charge in [-0.15, -0.1) is 0 Å². The average Bonchev–Trinajstić information content (AvgIpc) is 3.51. The van der Waals surface area contributed by atoms with Gasteiger partial charge in [0.05, 0.1) is 16.5 Å². The molecule has 3 aromatic rings. The Balaban J connectivity index is 1.26. The van der Waals surface area contributed by atoms with E-state index in [2.05, 4.69) is 41.8 Å². The van der Waals surface area contributed by atoms with Crippen LogP contribution in [-0.4, -0.2) is 41.6 Å². The lowest BCUT2D eigenvalue weighted by Gasteiger charge is -2.21. The summed E-state index contributed by atoms with van der Waals surface area (Å²) in [5.74, 6) is -1.40. The van der Waals surface area contributed by atoms with E-state index < -0.39 is 11.6 Å². The van der Waals surface area contributed by atoms with E-state index in [0.29, 0.717) is 36.4 Å². The predicted molar refractivity (Wildman–Crippen MR) is 158 cm³/mol. The topological polar surface area (TPSA) is 56.7 Å². The molecule has 2 unspecified atom stereocenters. The van der Waals surface area contributed by atoms with Crippen molar-refractivity contribution in [3.8, 4) is 0 Å². The number of benzene rings is 3. The molecule has 0 spiro atoms. The number of hydrogen-bond donors (Lipinski definition) is 2. The fourth-order valence-corrected chi connectivity index (χ4v) is 6.46. The van der Waals surface area contributed by atoms with Crippen molar-refractivity contribution < 1.29 is 13.6 Å². The Morgan fingerprint density at radius 2 is 1.75 bits per heavy atom. The van der Waals surface area contributed by atoms with Crippen molar-refractivity contribution in [2.75, 3.05) is 13.6 Å². The number of rotatable bonds is 11. The summed E-state index contributed by atoms with van der Waals surface area (Å²) in [7, 11) is 1.93. The average molecular weight is 561 g/mol. The van der Waals surface area contributed by atoms with Crippen LogP contribution < -0.4 is 10.6 Å². The molecule has 5 nitrogen and oxygen atoms in total. The van der Waals surface area contributed by atoms with Crippen molar-refractivity contribution in [2.45, 2.75) is 44.1 Å². The predicted octanol–water partition coefficient (Wildman–Crippen LogP) is 5.66. The highest BCUT2D eigenvalue weighted by atomic mass is 32.2. The normalized spacial score (nSPS) is 18.8. The zero-order valence-corrected chi connectivity index (χ0v) is 23.6.